The monoisotopic (exact) mass is 274 g/mol. The number of aromatic carboxylic acids is 1. The number of amides is 2. The molecule has 0 saturated carbocycles. The van der Waals surface area contributed by atoms with E-state index < -0.39 is 18.2 Å². The Morgan fingerprint density at radius 2 is 1.26 bits per heavy atom. The number of anilines is 2. The van der Waals surface area contributed by atoms with Crippen molar-refractivity contribution in [2.24, 2.45) is 11.5 Å². The molecule has 0 radical (unpaired) electrons. The fraction of sp³-hybridized carbons (Fsp3) is 0. The third-order valence-electron chi connectivity index (χ3n) is 1.37. The van der Waals surface area contributed by atoms with Crippen molar-refractivity contribution in [1.82, 2.24) is 0 Å². The van der Waals surface area contributed by atoms with Crippen LogP contribution >= 0.6 is 0 Å². The number of primary amides is 2. The quantitative estimate of drug-likeness (QED) is 0.339. The number of para-hydroxylation sites is 1. The van der Waals surface area contributed by atoms with Gasteiger partial charge in [-0.2, -0.15) is 0 Å². The average molecular weight is 274 g/mol. The van der Waals surface area contributed by atoms with Crippen molar-refractivity contribution >= 4 is 29.5 Å². The molecule has 0 saturated heterocycles. The lowest BCUT2D eigenvalue weighted by Gasteiger charge is -2.01. The molecule has 106 valence electrons. The van der Waals surface area contributed by atoms with Gasteiger partial charge >= 0.3 is 18.2 Å². The van der Waals surface area contributed by atoms with E-state index in [4.69, 9.17) is 36.4 Å². The van der Waals surface area contributed by atoms with E-state index in [0.717, 1.165) is 0 Å². The van der Waals surface area contributed by atoms with Crippen LogP contribution in [0.2, 0.25) is 0 Å². The lowest BCUT2D eigenvalue weighted by molar-refractivity contribution is 0.0698. The second-order valence-electron chi connectivity index (χ2n) is 2.79. The first-order valence-corrected chi connectivity index (χ1v) is 4.43. The van der Waals surface area contributed by atoms with Gasteiger partial charge in [0, 0.05) is 0 Å². The van der Waals surface area contributed by atoms with Gasteiger partial charge in [0.15, 0.2) is 0 Å². The van der Waals surface area contributed by atoms with E-state index in [0.29, 0.717) is 5.69 Å². The van der Waals surface area contributed by atoms with Gasteiger partial charge in [0.05, 0.1) is 16.9 Å². The minimum atomic E-state index is -1.33. The van der Waals surface area contributed by atoms with Crippen LogP contribution in [-0.4, -0.2) is 33.5 Å². The smallest absolute Gasteiger partial charge is 0.402 e. The van der Waals surface area contributed by atoms with Crippen molar-refractivity contribution in [3.63, 3.8) is 0 Å². The first-order chi connectivity index (χ1) is 8.59. The number of nitrogens with two attached hydrogens (primary N) is 4. The zero-order valence-electron chi connectivity index (χ0n) is 9.61. The highest BCUT2D eigenvalue weighted by Crippen LogP contribution is 2.18. The van der Waals surface area contributed by atoms with Crippen LogP contribution in [0.5, 0.6) is 0 Å². The molecule has 0 aliphatic carbocycles. The molecule has 0 unspecified atom stereocenters. The maximum atomic E-state index is 10.4. The van der Waals surface area contributed by atoms with Gasteiger partial charge in [0.2, 0.25) is 0 Å². The fourth-order valence-corrected chi connectivity index (χ4v) is 0.770. The Balaban J connectivity index is 0. The van der Waals surface area contributed by atoms with Gasteiger partial charge in [0.1, 0.15) is 0 Å². The van der Waals surface area contributed by atoms with Gasteiger partial charge in [0.25, 0.3) is 0 Å². The van der Waals surface area contributed by atoms with Crippen molar-refractivity contribution in [1.29, 1.82) is 0 Å². The molecule has 1 rings (SSSR count). The Morgan fingerprint density at radius 1 is 0.895 bits per heavy atom. The maximum absolute atomic E-state index is 10.4. The molecule has 1 aromatic rings. The summed E-state index contributed by atoms with van der Waals surface area (Å²) in [6, 6.07) is 4.52. The second-order valence-corrected chi connectivity index (χ2v) is 2.79. The van der Waals surface area contributed by atoms with Crippen LogP contribution < -0.4 is 22.9 Å². The fourth-order valence-electron chi connectivity index (χ4n) is 0.770. The number of nitrogen functional groups attached to an aromatic ring is 2. The Labute approximate surface area is 107 Å². The summed E-state index contributed by atoms with van der Waals surface area (Å²) in [6.07, 6.45) is -2.67. The molecule has 0 aliphatic heterocycles. The van der Waals surface area contributed by atoms with Gasteiger partial charge < -0.3 is 38.3 Å². The van der Waals surface area contributed by atoms with Crippen molar-refractivity contribution < 1.29 is 29.7 Å². The summed E-state index contributed by atoms with van der Waals surface area (Å²) in [5, 5.41) is 22.9. The standard InChI is InChI=1S/C7H8N2O2.2CH3NO2/c8-5-3-1-2-4(6(5)9)7(10)11;2*2-1(3)4/h1-3H,8-9H2,(H,10,11);2*2H2,(H,3,4). The largest absolute Gasteiger partial charge is 0.478 e. The van der Waals surface area contributed by atoms with Gasteiger partial charge in [-0.15, -0.1) is 0 Å². The zero-order chi connectivity index (χ0) is 15.6. The second kappa shape index (κ2) is 8.92. The average Bonchev–Trinajstić information content (AvgIpc) is 2.20. The maximum Gasteiger partial charge on any atom is 0.402 e. The van der Waals surface area contributed by atoms with E-state index in [2.05, 4.69) is 11.5 Å². The summed E-state index contributed by atoms with van der Waals surface area (Å²) >= 11 is 0. The number of carboxylic acid groups (broad SMARTS) is 3. The van der Waals surface area contributed by atoms with Crippen LogP contribution in [0.25, 0.3) is 0 Å². The molecule has 11 N–H and O–H groups in total. The summed E-state index contributed by atoms with van der Waals surface area (Å²) in [5.74, 6) is -1.06. The van der Waals surface area contributed by atoms with Crippen LogP contribution in [0, 0.1) is 0 Å². The van der Waals surface area contributed by atoms with E-state index in [-0.39, 0.29) is 11.3 Å². The van der Waals surface area contributed by atoms with E-state index in [1.165, 1.54) is 6.07 Å². The Bertz CT molecular complexity index is 442. The molecule has 10 nitrogen and oxygen atoms in total. The number of rotatable bonds is 1. The Kier molecular flexibility index (Phi) is 8.55. The summed E-state index contributed by atoms with van der Waals surface area (Å²) in [5.41, 5.74) is 19.3. The van der Waals surface area contributed by atoms with Gasteiger partial charge in [-0.1, -0.05) is 6.07 Å². The van der Waals surface area contributed by atoms with E-state index in [1.54, 1.807) is 12.1 Å². The van der Waals surface area contributed by atoms with Crippen molar-refractivity contribution in [3.8, 4) is 0 Å². The number of hydrogen-bond donors (Lipinski definition) is 7. The Hall–Kier alpha value is -3.17. The van der Waals surface area contributed by atoms with Gasteiger partial charge in [-0.25, -0.2) is 14.4 Å². The summed E-state index contributed by atoms with van der Waals surface area (Å²) < 4.78 is 0. The molecule has 0 heterocycles. The highest BCUT2D eigenvalue weighted by molar-refractivity contribution is 5.96. The van der Waals surface area contributed by atoms with Crippen LogP contribution in [0.1, 0.15) is 10.4 Å². The molecule has 0 fully saturated rings. The number of benzene rings is 1. The molecule has 19 heavy (non-hydrogen) atoms. The summed E-state index contributed by atoms with van der Waals surface area (Å²) in [4.78, 5) is 28.0. The summed E-state index contributed by atoms with van der Waals surface area (Å²) in [7, 11) is 0. The molecule has 1 aromatic carbocycles. The van der Waals surface area contributed by atoms with E-state index in [1.807, 2.05) is 0 Å². The first kappa shape index (κ1) is 18.2. The lowest BCUT2D eigenvalue weighted by Crippen LogP contribution is -2.04. The SMILES string of the molecule is NC(=O)O.NC(=O)O.Nc1cccc(C(=O)O)c1N. The Morgan fingerprint density at radius 3 is 1.53 bits per heavy atom. The van der Waals surface area contributed by atoms with E-state index >= 15 is 0 Å². The molecule has 10 heteroatoms. The molecular weight excluding hydrogens is 260 g/mol. The first-order valence-electron chi connectivity index (χ1n) is 4.43. The number of hydrogen-bond acceptors (Lipinski definition) is 5. The molecule has 0 aliphatic rings. The molecule has 2 amide bonds. The zero-order valence-corrected chi connectivity index (χ0v) is 9.61. The molecule has 0 bridgehead atoms. The highest BCUT2D eigenvalue weighted by atomic mass is 16.4. The third-order valence-corrected chi connectivity index (χ3v) is 1.37. The van der Waals surface area contributed by atoms with Crippen molar-refractivity contribution in [2.75, 3.05) is 11.5 Å². The van der Waals surface area contributed by atoms with Crippen molar-refractivity contribution in [2.45, 2.75) is 0 Å². The lowest BCUT2D eigenvalue weighted by atomic mass is 10.1. The minimum absolute atomic E-state index is 0.0463. The molecule has 0 atom stereocenters. The minimum Gasteiger partial charge on any atom is -0.478 e. The molecular formula is C9H14N4O6. The number of carbonyl (C=O) groups is 3. The van der Waals surface area contributed by atoms with Crippen molar-refractivity contribution in [3.05, 3.63) is 23.8 Å². The topological polar surface area (TPSA) is 216 Å². The third kappa shape index (κ3) is 11.1. The van der Waals surface area contributed by atoms with E-state index in [9.17, 15) is 4.79 Å². The predicted octanol–water partition coefficient (Wildman–Crippen LogP) is -0.205. The van der Waals surface area contributed by atoms with Crippen LogP contribution in [0.15, 0.2) is 18.2 Å². The predicted molar refractivity (Wildman–Crippen MR) is 66.7 cm³/mol. The number of carboxylic acids is 1. The molecule has 0 aromatic heterocycles. The van der Waals surface area contributed by atoms with Crippen LogP contribution in [-0.2, 0) is 0 Å². The van der Waals surface area contributed by atoms with Crippen LogP contribution in [0.4, 0.5) is 21.0 Å². The highest BCUT2D eigenvalue weighted by Gasteiger charge is 2.07. The van der Waals surface area contributed by atoms with Crippen LogP contribution in [0.3, 0.4) is 0 Å². The molecule has 0 spiro atoms. The summed E-state index contributed by atoms with van der Waals surface area (Å²) in [6.45, 7) is 0. The van der Waals surface area contributed by atoms with Gasteiger partial charge in [-0.3, -0.25) is 0 Å². The normalized spacial score (nSPS) is 8.00. The van der Waals surface area contributed by atoms with Gasteiger partial charge in [-0.05, 0) is 12.1 Å².